The molecule has 0 saturated heterocycles. The van der Waals surface area contributed by atoms with Gasteiger partial charge in [0.15, 0.2) is 23.8 Å². The number of hydrogen-bond acceptors (Lipinski definition) is 3. The molecular formula is C35H52F2NO3+. The standard InChI is InChI=1S/C35H52F2NO3/c1-3-4-5-6-7-8-9-11-14-20-33-28-21-22-34(40-2)35(41-26-16-13-10-12-15-25-39)29(28)23-24-38(33)27-30-31(36)18-17-19-32(30)37/h17-19,21-22,39H,3-16,20,23-27H2,1-2H3/q+1. The number of aliphatic hydroxyl groups is 1. The van der Waals surface area contributed by atoms with Gasteiger partial charge in [-0.2, -0.15) is 0 Å². The van der Waals surface area contributed by atoms with E-state index in [0.717, 1.165) is 86.1 Å². The molecule has 4 nitrogen and oxygen atoms in total. The highest BCUT2D eigenvalue weighted by molar-refractivity contribution is 5.99. The first kappa shape index (κ1) is 33.0. The fourth-order valence-electron chi connectivity index (χ4n) is 5.86. The molecule has 1 heterocycles. The Morgan fingerprint density at radius 2 is 1.44 bits per heavy atom. The van der Waals surface area contributed by atoms with Crippen LogP contribution >= 0.6 is 0 Å². The monoisotopic (exact) mass is 572 g/mol. The van der Waals surface area contributed by atoms with Gasteiger partial charge in [-0.1, -0.05) is 83.6 Å². The van der Waals surface area contributed by atoms with Crippen molar-refractivity contribution in [3.05, 3.63) is 58.7 Å². The Labute approximate surface area is 246 Å². The smallest absolute Gasteiger partial charge is 0.184 e. The van der Waals surface area contributed by atoms with Crippen LogP contribution < -0.4 is 9.47 Å². The van der Waals surface area contributed by atoms with Crippen LogP contribution in [0.5, 0.6) is 11.5 Å². The molecule has 2 aromatic carbocycles. The maximum atomic E-state index is 14.6. The van der Waals surface area contributed by atoms with Crippen LogP contribution in [0.2, 0.25) is 0 Å². The van der Waals surface area contributed by atoms with E-state index in [1.54, 1.807) is 7.11 Å². The molecule has 0 spiro atoms. The van der Waals surface area contributed by atoms with Crippen molar-refractivity contribution in [2.24, 2.45) is 0 Å². The van der Waals surface area contributed by atoms with Gasteiger partial charge in [0.1, 0.15) is 18.2 Å². The first-order valence-electron chi connectivity index (χ1n) is 16.1. The molecule has 0 unspecified atom stereocenters. The molecule has 1 N–H and O–H groups in total. The summed E-state index contributed by atoms with van der Waals surface area (Å²) in [5, 5.41) is 8.98. The van der Waals surface area contributed by atoms with Gasteiger partial charge in [0.05, 0.1) is 19.3 Å². The van der Waals surface area contributed by atoms with E-state index in [1.165, 1.54) is 63.1 Å². The molecule has 6 heteroatoms. The summed E-state index contributed by atoms with van der Waals surface area (Å²) >= 11 is 0. The number of methoxy groups -OCH3 is 1. The van der Waals surface area contributed by atoms with Crippen LogP contribution in [-0.4, -0.2) is 42.3 Å². The number of fused-ring (bicyclic) bond motifs is 1. The van der Waals surface area contributed by atoms with Crippen LogP contribution in [0.4, 0.5) is 8.78 Å². The quantitative estimate of drug-likeness (QED) is 0.120. The number of nitrogens with zero attached hydrogens (tertiary/aromatic N) is 1. The molecule has 0 radical (unpaired) electrons. The minimum Gasteiger partial charge on any atom is -0.493 e. The predicted octanol–water partition coefficient (Wildman–Crippen LogP) is 8.77. The minimum atomic E-state index is -0.490. The molecule has 3 rings (SSSR count). The molecule has 0 fully saturated rings. The van der Waals surface area contributed by atoms with E-state index in [1.807, 2.05) is 6.07 Å². The van der Waals surface area contributed by atoms with Crippen molar-refractivity contribution in [1.82, 2.24) is 0 Å². The Balaban J connectivity index is 1.76. The molecule has 0 aliphatic carbocycles. The van der Waals surface area contributed by atoms with Crippen molar-refractivity contribution < 1.29 is 27.9 Å². The van der Waals surface area contributed by atoms with Crippen molar-refractivity contribution in [3.63, 3.8) is 0 Å². The highest BCUT2D eigenvalue weighted by Crippen LogP contribution is 2.37. The number of hydrogen-bond donors (Lipinski definition) is 1. The molecular weight excluding hydrogens is 520 g/mol. The van der Waals surface area contributed by atoms with Crippen molar-refractivity contribution in [3.8, 4) is 11.5 Å². The first-order valence-corrected chi connectivity index (χ1v) is 16.1. The van der Waals surface area contributed by atoms with Gasteiger partial charge in [-0.25, -0.2) is 13.4 Å². The molecule has 0 amide bonds. The Bertz CT molecular complexity index is 1070. The fourth-order valence-corrected chi connectivity index (χ4v) is 5.86. The lowest BCUT2D eigenvalue weighted by molar-refractivity contribution is -0.546. The number of unbranched alkanes of at least 4 members (excludes halogenated alkanes) is 12. The maximum absolute atomic E-state index is 14.6. The van der Waals surface area contributed by atoms with Crippen molar-refractivity contribution in [2.45, 2.75) is 116 Å². The Morgan fingerprint density at radius 1 is 0.805 bits per heavy atom. The molecule has 1 aliphatic heterocycles. The zero-order valence-electron chi connectivity index (χ0n) is 25.5. The van der Waals surface area contributed by atoms with Crippen molar-refractivity contribution >= 4 is 5.71 Å². The molecule has 1 aliphatic rings. The van der Waals surface area contributed by atoms with Gasteiger partial charge < -0.3 is 14.6 Å². The molecule has 0 aromatic heterocycles. The molecule has 228 valence electrons. The molecule has 2 aromatic rings. The second-order valence-electron chi connectivity index (χ2n) is 11.4. The lowest BCUT2D eigenvalue weighted by Gasteiger charge is -2.23. The maximum Gasteiger partial charge on any atom is 0.184 e. The van der Waals surface area contributed by atoms with Crippen LogP contribution in [-0.2, 0) is 13.0 Å². The van der Waals surface area contributed by atoms with Gasteiger partial charge in [-0.3, -0.25) is 0 Å². The topological polar surface area (TPSA) is 41.7 Å². The Kier molecular flexibility index (Phi) is 15.2. The van der Waals surface area contributed by atoms with Gasteiger partial charge in [-0.15, -0.1) is 0 Å². The zero-order valence-corrected chi connectivity index (χ0v) is 25.5. The van der Waals surface area contributed by atoms with E-state index >= 15 is 0 Å². The summed E-state index contributed by atoms with van der Waals surface area (Å²) < 4.78 is 43.5. The summed E-state index contributed by atoms with van der Waals surface area (Å²) in [5.41, 5.74) is 3.53. The van der Waals surface area contributed by atoms with Crippen molar-refractivity contribution in [2.75, 3.05) is 26.9 Å². The van der Waals surface area contributed by atoms with E-state index in [2.05, 4.69) is 17.6 Å². The number of aliphatic hydroxyl groups excluding tert-OH is 1. The summed E-state index contributed by atoms with van der Waals surface area (Å²) in [7, 11) is 1.67. The summed E-state index contributed by atoms with van der Waals surface area (Å²) in [6, 6.07) is 8.19. The SMILES string of the molecule is CCCCCCCCCCCC1=[N+](Cc2c(F)cccc2F)CCc2c1ccc(OC)c2OCCCCCCCO. The predicted molar refractivity (Wildman–Crippen MR) is 164 cm³/mol. The second-order valence-corrected chi connectivity index (χ2v) is 11.4. The Hall–Kier alpha value is -2.47. The van der Waals surface area contributed by atoms with E-state index in [-0.39, 0.29) is 18.7 Å². The van der Waals surface area contributed by atoms with Crippen LogP contribution in [0.3, 0.4) is 0 Å². The molecule has 0 saturated carbocycles. The fraction of sp³-hybridized carbons (Fsp3) is 0.629. The average Bonchev–Trinajstić information content (AvgIpc) is 2.98. The number of ether oxygens (including phenoxy) is 2. The first-order chi connectivity index (χ1) is 20.1. The van der Waals surface area contributed by atoms with Crippen molar-refractivity contribution in [1.29, 1.82) is 0 Å². The van der Waals surface area contributed by atoms with Gasteiger partial charge in [0.25, 0.3) is 0 Å². The minimum absolute atomic E-state index is 0.131. The average molecular weight is 573 g/mol. The van der Waals surface area contributed by atoms with Crippen LogP contribution in [0.15, 0.2) is 30.3 Å². The van der Waals surface area contributed by atoms with Gasteiger partial charge in [0.2, 0.25) is 0 Å². The van der Waals surface area contributed by atoms with Gasteiger partial charge >= 0.3 is 0 Å². The van der Waals surface area contributed by atoms with E-state index < -0.39 is 11.6 Å². The van der Waals surface area contributed by atoms with Gasteiger partial charge in [-0.05, 0) is 43.5 Å². The van der Waals surface area contributed by atoms with E-state index in [4.69, 9.17) is 14.6 Å². The summed E-state index contributed by atoms with van der Waals surface area (Å²) in [4.78, 5) is 0. The highest BCUT2D eigenvalue weighted by atomic mass is 19.1. The summed E-state index contributed by atoms with van der Waals surface area (Å²) in [6.45, 7) is 4.02. The normalized spacial score (nSPS) is 13.0. The number of halogens is 2. The summed E-state index contributed by atoms with van der Waals surface area (Å²) in [6.07, 6.45) is 17.9. The lowest BCUT2D eigenvalue weighted by Crippen LogP contribution is -2.31. The molecule has 41 heavy (non-hydrogen) atoms. The zero-order chi connectivity index (χ0) is 29.3. The van der Waals surface area contributed by atoms with Crippen LogP contribution in [0, 0.1) is 11.6 Å². The van der Waals surface area contributed by atoms with E-state index in [9.17, 15) is 8.78 Å². The third-order valence-corrected chi connectivity index (χ3v) is 8.25. The molecule has 0 bridgehead atoms. The third kappa shape index (κ3) is 10.4. The largest absolute Gasteiger partial charge is 0.493 e. The number of benzene rings is 2. The third-order valence-electron chi connectivity index (χ3n) is 8.25. The number of rotatable bonds is 21. The molecule has 0 atom stereocenters. The van der Waals surface area contributed by atoms with E-state index in [0.29, 0.717) is 13.2 Å². The highest BCUT2D eigenvalue weighted by Gasteiger charge is 2.30. The van der Waals surface area contributed by atoms with Crippen LogP contribution in [0.1, 0.15) is 120 Å². The Morgan fingerprint density at radius 3 is 2.10 bits per heavy atom. The van der Waals surface area contributed by atoms with Crippen LogP contribution in [0.25, 0.3) is 0 Å². The lowest BCUT2D eigenvalue weighted by atomic mass is 9.91. The summed E-state index contributed by atoms with van der Waals surface area (Å²) in [5.74, 6) is 0.564. The second kappa shape index (κ2) is 18.9. The van der Waals surface area contributed by atoms with Gasteiger partial charge in [0, 0.05) is 30.6 Å².